The highest BCUT2D eigenvalue weighted by Crippen LogP contribution is 2.39. The Morgan fingerprint density at radius 3 is 2.50 bits per heavy atom. The zero-order valence-electron chi connectivity index (χ0n) is 19.0. The van der Waals surface area contributed by atoms with Gasteiger partial charge in [-0.1, -0.05) is 60.1 Å². The van der Waals surface area contributed by atoms with Crippen molar-refractivity contribution in [1.29, 1.82) is 0 Å². The van der Waals surface area contributed by atoms with Crippen LogP contribution in [0.25, 0.3) is 10.1 Å². The number of benzene rings is 3. The SMILES string of the molecule is O=C(Nc1cccc(CNC(=O)c2sc3cc(Cl)ccc3c2OCc2ccccc2)c1)c1cccs1. The number of hydrogen-bond donors (Lipinski definition) is 2. The number of amides is 2. The molecule has 5 rings (SSSR count). The molecule has 5 aromatic rings. The molecule has 0 aliphatic carbocycles. The topological polar surface area (TPSA) is 67.4 Å². The van der Waals surface area contributed by atoms with Crippen LogP contribution in [0.3, 0.4) is 0 Å². The molecule has 2 N–H and O–H groups in total. The van der Waals surface area contributed by atoms with Crippen molar-refractivity contribution in [3.05, 3.63) is 116 Å². The summed E-state index contributed by atoms with van der Waals surface area (Å²) in [4.78, 5) is 26.7. The van der Waals surface area contributed by atoms with E-state index >= 15 is 0 Å². The molecule has 0 bridgehead atoms. The molecule has 3 aromatic carbocycles. The third kappa shape index (κ3) is 5.60. The molecule has 0 unspecified atom stereocenters. The van der Waals surface area contributed by atoms with E-state index < -0.39 is 0 Å². The van der Waals surface area contributed by atoms with E-state index in [1.165, 1.54) is 22.7 Å². The van der Waals surface area contributed by atoms with Gasteiger partial charge in [0.15, 0.2) is 5.75 Å². The number of ether oxygens (including phenoxy) is 1. The van der Waals surface area contributed by atoms with Crippen molar-refractivity contribution in [2.45, 2.75) is 13.2 Å². The number of nitrogens with one attached hydrogen (secondary N) is 2. The highest BCUT2D eigenvalue weighted by atomic mass is 35.5. The second kappa shape index (κ2) is 11.0. The Morgan fingerprint density at radius 1 is 0.861 bits per heavy atom. The van der Waals surface area contributed by atoms with E-state index in [-0.39, 0.29) is 11.8 Å². The van der Waals surface area contributed by atoms with Gasteiger partial charge in [0, 0.05) is 27.3 Å². The Labute approximate surface area is 221 Å². The van der Waals surface area contributed by atoms with Gasteiger partial charge in [0.1, 0.15) is 11.5 Å². The van der Waals surface area contributed by atoms with E-state index in [9.17, 15) is 9.59 Å². The van der Waals surface area contributed by atoms with Crippen LogP contribution in [0.4, 0.5) is 5.69 Å². The maximum atomic E-state index is 13.2. The van der Waals surface area contributed by atoms with Gasteiger partial charge in [-0.25, -0.2) is 0 Å². The summed E-state index contributed by atoms with van der Waals surface area (Å²) in [5.41, 5.74) is 2.55. The molecule has 0 saturated heterocycles. The first-order valence-corrected chi connectivity index (χ1v) is 13.2. The molecule has 2 aromatic heterocycles. The predicted octanol–water partition coefficient (Wildman–Crippen LogP) is 7.38. The summed E-state index contributed by atoms with van der Waals surface area (Å²) >= 11 is 8.93. The van der Waals surface area contributed by atoms with Crippen LogP contribution in [-0.2, 0) is 13.2 Å². The van der Waals surface area contributed by atoms with Crippen LogP contribution >= 0.6 is 34.3 Å². The first-order chi connectivity index (χ1) is 17.6. The quantitative estimate of drug-likeness (QED) is 0.219. The van der Waals surface area contributed by atoms with Gasteiger partial charge in [-0.3, -0.25) is 9.59 Å². The zero-order chi connectivity index (χ0) is 24.9. The maximum Gasteiger partial charge on any atom is 0.265 e. The summed E-state index contributed by atoms with van der Waals surface area (Å²) < 4.78 is 7.03. The molecule has 0 saturated carbocycles. The van der Waals surface area contributed by atoms with Crippen LogP contribution in [0.2, 0.25) is 5.02 Å². The highest BCUT2D eigenvalue weighted by molar-refractivity contribution is 7.21. The molecular weight excluding hydrogens is 512 g/mol. The van der Waals surface area contributed by atoms with E-state index in [1.54, 1.807) is 12.1 Å². The number of anilines is 1. The van der Waals surface area contributed by atoms with Gasteiger partial charge in [0.05, 0.1) is 4.88 Å². The van der Waals surface area contributed by atoms with E-state index in [1.807, 2.05) is 78.2 Å². The molecular formula is C28H21ClN2O3S2. The van der Waals surface area contributed by atoms with Crippen molar-refractivity contribution < 1.29 is 14.3 Å². The lowest BCUT2D eigenvalue weighted by Gasteiger charge is -2.10. The van der Waals surface area contributed by atoms with Gasteiger partial charge in [0.25, 0.3) is 11.8 Å². The van der Waals surface area contributed by atoms with Crippen LogP contribution < -0.4 is 15.4 Å². The van der Waals surface area contributed by atoms with Gasteiger partial charge in [0.2, 0.25) is 0 Å². The van der Waals surface area contributed by atoms with Gasteiger partial charge in [-0.05, 0) is 52.9 Å². The van der Waals surface area contributed by atoms with Gasteiger partial charge < -0.3 is 15.4 Å². The lowest BCUT2D eigenvalue weighted by Crippen LogP contribution is -2.22. The monoisotopic (exact) mass is 532 g/mol. The molecule has 0 radical (unpaired) electrons. The second-order valence-electron chi connectivity index (χ2n) is 7.99. The van der Waals surface area contributed by atoms with Crippen molar-refractivity contribution >= 4 is 61.9 Å². The number of halogens is 1. The number of hydrogen-bond acceptors (Lipinski definition) is 5. The summed E-state index contributed by atoms with van der Waals surface area (Å²) in [6.07, 6.45) is 0. The molecule has 0 fully saturated rings. The smallest absolute Gasteiger partial charge is 0.265 e. The van der Waals surface area contributed by atoms with E-state index in [0.29, 0.717) is 39.4 Å². The fraction of sp³-hybridized carbons (Fsp3) is 0.0714. The average molecular weight is 533 g/mol. The first kappa shape index (κ1) is 24.1. The number of carbonyl (C=O) groups excluding carboxylic acids is 2. The Kier molecular flexibility index (Phi) is 7.32. The van der Waals surface area contributed by atoms with Gasteiger partial charge in [-0.15, -0.1) is 22.7 Å². The molecule has 36 heavy (non-hydrogen) atoms. The summed E-state index contributed by atoms with van der Waals surface area (Å²) in [5.74, 6) is 0.156. The molecule has 0 spiro atoms. The lowest BCUT2D eigenvalue weighted by molar-refractivity contribution is 0.0950. The Balaban J connectivity index is 1.32. The standard InChI is InChI=1S/C28H21ClN2O3S2/c29-20-11-12-22-24(15-20)36-26(25(22)34-17-18-6-2-1-3-7-18)28(33)30-16-19-8-4-9-21(14-19)31-27(32)23-10-5-13-35-23/h1-15H,16-17H2,(H,30,33)(H,31,32). The van der Waals surface area contributed by atoms with Crippen molar-refractivity contribution in [3.8, 4) is 5.75 Å². The molecule has 0 atom stereocenters. The van der Waals surface area contributed by atoms with Crippen LogP contribution in [0, 0.1) is 0 Å². The Bertz CT molecular complexity index is 1510. The average Bonchev–Trinajstić information content (AvgIpc) is 3.55. The third-order valence-corrected chi connectivity index (χ3v) is 7.66. The largest absolute Gasteiger partial charge is 0.487 e. The zero-order valence-corrected chi connectivity index (χ0v) is 21.4. The van der Waals surface area contributed by atoms with E-state index in [0.717, 1.165) is 21.2 Å². The fourth-order valence-electron chi connectivity index (χ4n) is 3.69. The minimum absolute atomic E-state index is 0.157. The molecule has 180 valence electrons. The van der Waals surface area contributed by atoms with Gasteiger partial charge in [-0.2, -0.15) is 0 Å². The van der Waals surface area contributed by atoms with Crippen LogP contribution in [0.5, 0.6) is 5.75 Å². The molecule has 5 nitrogen and oxygen atoms in total. The number of carbonyl (C=O) groups is 2. The van der Waals surface area contributed by atoms with Crippen LogP contribution in [0.15, 0.2) is 90.3 Å². The summed E-state index contributed by atoms with van der Waals surface area (Å²) in [5, 5.41) is 9.20. The van der Waals surface area contributed by atoms with Crippen molar-refractivity contribution in [2.75, 3.05) is 5.32 Å². The summed E-state index contributed by atoms with van der Waals surface area (Å²) in [7, 11) is 0. The molecule has 0 aliphatic heterocycles. The Hall–Kier alpha value is -3.65. The molecule has 2 amide bonds. The molecule has 8 heteroatoms. The second-order valence-corrected chi connectivity index (χ2v) is 10.4. The fourth-order valence-corrected chi connectivity index (χ4v) is 5.65. The van der Waals surface area contributed by atoms with E-state index in [2.05, 4.69) is 10.6 Å². The number of rotatable bonds is 8. The van der Waals surface area contributed by atoms with Crippen molar-refractivity contribution in [2.24, 2.45) is 0 Å². The van der Waals surface area contributed by atoms with Gasteiger partial charge >= 0.3 is 0 Å². The van der Waals surface area contributed by atoms with Crippen LogP contribution in [0.1, 0.15) is 30.5 Å². The summed E-state index contributed by atoms with van der Waals surface area (Å²) in [6, 6.07) is 26.4. The molecule has 2 heterocycles. The normalized spacial score (nSPS) is 10.8. The van der Waals surface area contributed by atoms with Crippen molar-refractivity contribution in [3.63, 3.8) is 0 Å². The Morgan fingerprint density at radius 2 is 1.69 bits per heavy atom. The third-order valence-electron chi connectivity index (χ3n) is 5.42. The highest BCUT2D eigenvalue weighted by Gasteiger charge is 2.20. The minimum Gasteiger partial charge on any atom is -0.487 e. The van der Waals surface area contributed by atoms with E-state index in [4.69, 9.17) is 16.3 Å². The summed E-state index contributed by atoms with van der Waals surface area (Å²) in [6.45, 7) is 0.649. The maximum absolute atomic E-state index is 13.2. The lowest BCUT2D eigenvalue weighted by atomic mass is 10.2. The predicted molar refractivity (Wildman–Crippen MR) is 147 cm³/mol. The van der Waals surface area contributed by atoms with Crippen LogP contribution in [-0.4, -0.2) is 11.8 Å². The first-order valence-electron chi connectivity index (χ1n) is 11.2. The number of fused-ring (bicyclic) bond motifs is 1. The van der Waals surface area contributed by atoms with Crippen molar-refractivity contribution in [1.82, 2.24) is 5.32 Å². The number of thiophene rings is 2. The molecule has 0 aliphatic rings. The minimum atomic E-state index is -0.233.